The van der Waals surface area contributed by atoms with E-state index in [9.17, 15) is 4.79 Å². The summed E-state index contributed by atoms with van der Waals surface area (Å²) >= 11 is 0. The fourth-order valence-electron chi connectivity index (χ4n) is 2.98. The van der Waals surface area contributed by atoms with E-state index in [0.29, 0.717) is 18.8 Å². The van der Waals surface area contributed by atoms with Gasteiger partial charge in [0.2, 0.25) is 0 Å². The molecule has 1 saturated heterocycles. The van der Waals surface area contributed by atoms with Crippen molar-refractivity contribution in [1.29, 1.82) is 0 Å². The van der Waals surface area contributed by atoms with Gasteiger partial charge in [-0.25, -0.2) is 4.79 Å². The molecule has 31 heavy (non-hydrogen) atoms. The second-order valence-electron chi connectivity index (χ2n) is 9.87. The lowest BCUT2D eigenvalue weighted by molar-refractivity contribution is -0.149. The van der Waals surface area contributed by atoms with Gasteiger partial charge < -0.3 is 23.4 Å². The van der Waals surface area contributed by atoms with Crippen molar-refractivity contribution >= 4 is 14.3 Å². The molecule has 1 heterocycles. The summed E-state index contributed by atoms with van der Waals surface area (Å²) in [6, 6.07) is 9.96. The number of methoxy groups -OCH3 is 1. The Hall–Kier alpha value is -1.51. The van der Waals surface area contributed by atoms with Gasteiger partial charge in [0, 0.05) is 0 Å². The molecule has 0 spiro atoms. The molecule has 0 N–H and O–H groups in total. The van der Waals surface area contributed by atoms with Gasteiger partial charge in [-0.05, 0) is 43.6 Å². The van der Waals surface area contributed by atoms with E-state index in [1.54, 1.807) is 6.08 Å². The molecule has 0 bridgehead atoms. The second kappa shape index (κ2) is 10.4. The number of carbonyl (C=O) groups is 1. The Morgan fingerprint density at radius 3 is 2.39 bits per heavy atom. The standard InChI is InChI=1S/C24H38O6Si/c1-23(2,3)31(7,8)28-16-19(22(25)26-6)14-20-21(30-24(4,5)29-20)17-27-15-18-12-10-9-11-13-18/h9-14,20-21H,15-17H2,1-8H3/b19-14+/t20-,21-/m0/s1. The summed E-state index contributed by atoms with van der Waals surface area (Å²) in [7, 11) is -0.657. The van der Waals surface area contributed by atoms with Gasteiger partial charge in [-0.3, -0.25) is 0 Å². The van der Waals surface area contributed by atoms with Crippen LogP contribution in [0.25, 0.3) is 0 Å². The van der Waals surface area contributed by atoms with Crippen LogP contribution in [0.5, 0.6) is 0 Å². The Morgan fingerprint density at radius 2 is 1.81 bits per heavy atom. The van der Waals surface area contributed by atoms with Gasteiger partial charge in [-0.15, -0.1) is 0 Å². The number of hydrogen-bond donors (Lipinski definition) is 0. The lowest BCUT2D eigenvalue weighted by atomic mass is 10.1. The molecule has 0 unspecified atom stereocenters. The van der Waals surface area contributed by atoms with Crippen molar-refractivity contribution < 1.29 is 28.2 Å². The predicted molar refractivity (Wildman–Crippen MR) is 123 cm³/mol. The Morgan fingerprint density at radius 1 is 1.16 bits per heavy atom. The molecule has 1 aromatic rings. The van der Waals surface area contributed by atoms with Crippen molar-refractivity contribution in [2.75, 3.05) is 20.3 Å². The minimum Gasteiger partial charge on any atom is -0.466 e. The van der Waals surface area contributed by atoms with Crippen LogP contribution in [0, 0.1) is 0 Å². The highest BCUT2D eigenvalue weighted by atomic mass is 28.4. The van der Waals surface area contributed by atoms with Crippen molar-refractivity contribution in [2.45, 2.75) is 77.4 Å². The maximum atomic E-state index is 12.5. The molecule has 1 fully saturated rings. The minimum absolute atomic E-state index is 0.0387. The van der Waals surface area contributed by atoms with Gasteiger partial charge in [0.15, 0.2) is 14.1 Å². The summed E-state index contributed by atoms with van der Waals surface area (Å²) < 4.78 is 29.2. The zero-order valence-electron chi connectivity index (χ0n) is 20.2. The molecule has 0 aromatic heterocycles. The van der Waals surface area contributed by atoms with E-state index < -0.39 is 26.2 Å². The third kappa shape index (κ3) is 7.54. The molecule has 174 valence electrons. The van der Waals surface area contributed by atoms with Crippen LogP contribution in [0.1, 0.15) is 40.2 Å². The molecule has 7 heteroatoms. The average molecular weight is 451 g/mol. The highest BCUT2D eigenvalue weighted by molar-refractivity contribution is 6.74. The van der Waals surface area contributed by atoms with Gasteiger partial charge in [-0.1, -0.05) is 51.1 Å². The van der Waals surface area contributed by atoms with E-state index in [0.717, 1.165) is 5.56 Å². The number of rotatable bonds is 9. The Balaban J connectivity index is 2.11. The lowest BCUT2D eigenvalue weighted by Gasteiger charge is -2.36. The molecule has 2 atom stereocenters. The summed E-state index contributed by atoms with van der Waals surface area (Å²) in [5.41, 5.74) is 1.53. The van der Waals surface area contributed by atoms with E-state index in [4.69, 9.17) is 23.4 Å². The van der Waals surface area contributed by atoms with Crippen molar-refractivity contribution in [1.82, 2.24) is 0 Å². The largest absolute Gasteiger partial charge is 0.466 e. The van der Waals surface area contributed by atoms with Gasteiger partial charge in [0.25, 0.3) is 0 Å². The molecule has 0 aliphatic carbocycles. The smallest absolute Gasteiger partial charge is 0.335 e. The molecule has 2 rings (SSSR count). The fourth-order valence-corrected chi connectivity index (χ4v) is 3.93. The Kier molecular flexibility index (Phi) is 8.64. The van der Waals surface area contributed by atoms with Gasteiger partial charge in [-0.2, -0.15) is 0 Å². The van der Waals surface area contributed by atoms with Gasteiger partial charge in [0.1, 0.15) is 12.2 Å². The summed E-state index contributed by atoms with van der Waals surface area (Å²) in [5, 5.41) is 0.0387. The number of carbonyl (C=O) groups excluding carboxylic acids is 1. The maximum Gasteiger partial charge on any atom is 0.335 e. The van der Waals surface area contributed by atoms with E-state index in [1.807, 2.05) is 44.2 Å². The topological polar surface area (TPSA) is 63.2 Å². The average Bonchev–Trinajstić information content (AvgIpc) is 2.97. The molecular formula is C24H38O6Si. The van der Waals surface area contributed by atoms with Crippen LogP contribution in [0.3, 0.4) is 0 Å². The molecule has 1 aliphatic heterocycles. The highest BCUT2D eigenvalue weighted by Crippen LogP contribution is 2.37. The monoisotopic (exact) mass is 450 g/mol. The van der Waals surface area contributed by atoms with Crippen LogP contribution in [-0.4, -0.2) is 52.6 Å². The number of esters is 1. The highest BCUT2D eigenvalue weighted by Gasteiger charge is 2.41. The first-order chi connectivity index (χ1) is 14.3. The molecular weight excluding hydrogens is 412 g/mol. The minimum atomic E-state index is -2.03. The Bertz CT molecular complexity index is 751. The third-order valence-corrected chi connectivity index (χ3v) is 10.3. The summed E-state index contributed by atoms with van der Waals surface area (Å²) in [6.07, 6.45) is 0.985. The van der Waals surface area contributed by atoms with E-state index >= 15 is 0 Å². The van der Waals surface area contributed by atoms with Gasteiger partial charge in [0.05, 0.1) is 32.5 Å². The maximum absolute atomic E-state index is 12.5. The molecule has 0 amide bonds. The van der Waals surface area contributed by atoms with Crippen LogP contribution in [-0.2, 0) is 34.8 Å². The number of benzene rings is 1. The van der Waals surface area contributed by atoms with Crippen molar-refractivity contribution in [3.8, 4) is 0 Å². The van der Waals surface area contributed by atoms with Crippen LogP contribution >= 0.6 is 0 Å². The summed E-state index contributed by atoms with van der Waals surface area (Å²) in [5.74, 6) is -1.19. The first-order valence-electron chi connectivity index (χ1n) is 10.7. The number of hydrogen-bond acceptors (Lipinski definition) is 6. The second-order valence-corrected chi connectivity index (χ2v) is 14.7. The van der Waals surface area contributed by atoms with E-state index in [-0.39, 0.29) is 17.7 Å². The van der Waals surface area contributed by atoms with Gasteiger partial charge >= 0.3 is 5.97 Å². The quantitative estimate of drug-likeness (QED) is 0.305. The molecule has 6 nitrogen and oxygen atoms in total. The normalized spacial score (nSPS) is 21.9. The SMILES string of the molecule is COC(=O)/C(=C/[C@@H]1OC(C)(C)O[C@H]1COCc1ccccc1)CO[Si](C)(C)C(C)(C)C. The molecule has 1 aliphatic rings. The van der Waals surface area contributed by atoms with Crippen LogP contribution in [0.4, 0.5) is 0 Å². The fraction of sp³-hybridized carbons (Fsp3) is 0.625. The van der Waals surface area contributed by atoms with Crippen LogP contribution in [0.2, 0.25) is 18.1 Å². The molecule has 1 aromatic carbocycles. The van der Waals surface area contributed by atoms with Crippen molar-refractivity contribution in [3.05, 3.63) is 47.5 Å². The predicted octanol–water partition coefficient (Wildman–Crippen LogP) is 4.84. The molecule has 0 saturated carbocycles. The first kappa shape index (κ1) is 25.7. The van der Waals surface area contributed by atoms with Crippen molar-refractivity contribution in [2.24, 2.45) is 0 Å². The number of ether oxygens (including phenoxy) is 4. The molecule has 0 radical (unpaired) electrons. The zero-order chi connectivity index (χ0) is 23.3. The van der Waals surface area contributed by atoms with Crippen molar-refractivity contribution in [3.63, 3.8) is 0 Å². The van der Waals surface area contributed by atoms with Crippen LogP contribution in [0.15, 0.2) is 42.0 Å². The zero-order valence-corrected chi connectivity index (χ0v) is 21.2. The summed E-state index contributed by atoms with van der Waals surface area (Å²) in [4.78, 5) is 12.5. The lowest BCUT2D eigenvalue weighted by Crippen LogP contribution is -2.41. The summed E-state index contributed by atoms with van der Waals surface area (Å²) in [6.45, 7) is 15.5. The Labute approximate surface area is 188 Å². The third-order valence-electron chi connectivity index (χ3n) is 5.82. The van der Waals surface area contributed by atoms with Crippen LogP contribution < -0.4 is 0 Å². The first-order valence-corrected chi connectivity index (χ1v) is 13.7. The van der Waals surface area contributed by atoms with E-state index in [1.165, 1.54) is 7.11 Å². The van der Waals surface area contributed by atoms with E-state index in [2.05, 4.69) is 33.9 Å².